The third-order valence-electron chi connectivity index (χ3n) is 7.07. The standard InChI is InChI=1S/C32H33F2N5O3/c1-19(2)29-28(22-11-8-12-25-24(22)16-39(37-25)17-26(40)20-9-6-5-7-10-20)36-31(38(29)4)23-14-13-21(30(35)41)15-27(23)42-18-32(3,33)34/h5-16,19,26,40H,17-18H2,1-4H3,(H2,35,41)/t26-/m0/s1. The van der Waals surface area contributed by atoms with Gasteiger partial charge in [-0.3, -0.25) is 9.48 Å². The summed E-state index contributed by atoms with van der Waals surface area (Å²) in [7, 11) is 1.86. The number of aromatic nitrogens is 4. The first-order valence-electron chi connectivity index (χ1n) is 13.6. The number of aliphatic hydroxyl groups excluding tert-OH is 1. The van der Waals surface area contributed by atoms with Crippen LogP contribution in [0.25, 0.3) is 33.5 Å². The van der Waals surface area contributed by atoms with Crippen molar-refractivity contribution in [2.24, 2.45) is 12.8 Å². The molecule has 0 bridgehead atoms. The monoisotopic (exact) mass is 573 g/mol. The summed E-state index contributed by atoms with van der Waals surface area (Å²) in [5.74, 6) is -3.16. The molecule has 1 amide bonds. The third-order valence-corrected chi connectivity index (χ3v) is 7.07. The number of nitrogens with two attached hydrogens (primary N) is 1. The lowest BCUT2D eigenvalue weighted by Crippen LogP contribution is -2.21. The number of hydrogen-bond acceptors (Lipinski definition) is 5. The second kappa shape index (κ2) is 11.4. The first-order valence-corrected chi connectivity index (χ1v) is 13.6. The number of rotatable bonds is 10. The van der Waals surface area contributed by atoms with Gasteiger partial charge in [-0.15, -0.1) is 0 Å². The number of carbonyl (C=O) groups is 1. The zero-order valence-corrected chi connectivity index (χ0v) is 23.9. The predicted octanol–water partition coefficient (Wildman–Crippen LogP) is 6.09. The normalized spacial score (nSPS) is 12.7. The number of primary amides is 1. The Kier molecular flexibility index (Phi) is 7.83. The zero-order valence-electron chi connectivity index (χ0n) is 23.9. The highest BCUT2D eigenvalue weighted by Gasteiger charge is 2.27. The summed E-state index contributed by atoms with van der Waals surface area (Å²) < 4.78 is 36.6. The number of hydrogen-bond donors (Lipinski definition) is 2. The van der Waals surface area contributed by atoms with E-state index in [0.29, 0.717) is 17.1 Å². The fraction of sp³-hybridized carbons (Fsp3) is 0.281. The van der Waals surface area contributed by atoms with Crippen LogP contribution in [0.15, 0.2) is 72.9 Å². The quantitative estimate of drug-likeness (QED) is 0.210. The average molecular weight is 574 g/mol. The van der Waals surface area contributed by atoms with E-state index < -0.39 is 24.5 Å². The van der Waals surface area contributed by atoms with Crippen molar-refractivity contribution in [3.8, 4) is 28.4 Å². The number of benzene rings is 3. The number of alkyl halides is 2. The molecule has 0 aliphatic rings. The molecular formula is C32H33F2N5O3. The highest BCUT2D eigenvalue weighted by molar-refractivity contribution is 5.95. The first-order chi connectivity index (χ1) is 19.9. The fourth-order valence-electron chi connectivity index (χ4n) is 5.15. The molecule has 2 aromatic heterocycles. The van der Waals surface area contributed by atoms with Crippen LogP contribution in [0.5, 0.6) is 5.75 Å². The Bertz CT molecular complexity index is 1740. The Labute approximate surface area is 242 Å². The Balaban J connectivity index is 1.61. The highest BCUT2D eigenvalue weighted by Crippen LogP contribution is 2.39. The van der Waals surface area contributed by atoms with Crippen molar-refractivity contribution in [1.29, 1.82) is 0 Å². The van der Waals surface area contributed by atoms with Gasteiger partial charge in [0.2, 0.25) is 5.91 Å². The van der Waals surface area contributed by atoms with Crippen molar-refractivity contribution in [2.45, 2.75) is 45.3 Å². The lowest BCUT2D eigenvalue weighted by atomic mass is 10.0. The summed E-state index contributed by atoms with van der Waals surface area (Å²) in [6, 6.07) is 19.7. The van der Waals surface area contributed by atoms with Crippen molar-refractivity contribution in [1.82, 2.24) is 19.3 Å². The number of imidazole rings is 1. The zero-order chi connectivity index (χ0) is 30.2. The molecular weight excluding hydrogens is 540 g/mol. The summed E-state index contributed by atoms with van der Waals surface area (Å²) in [5.41, 5.74) is 10.1. The number of aliphatic hydroxyl groups is 1. The van der Waals surface area contributed by atoms with Crippen LogP contribution in [0, 0.1) is 0 Å². The van der Waals surface area contributed by atoms with Crippen molar-refractivity contribution in [3.05, 3.63) is 89.7 Å². The van der Waals surface area contributed by atoms with Gasteiger partial charge in [-0.2, -0.15) is 5.10 Å². The molecule has 218 valence electrons. The summed E-state index contributed by atoms with van der Waals surface area (Å²) in [5, 5.41) is 16.3. The number of halogens is 2. The SMILES string of the molecule is CC(C)c1c(-c2cccc3nn(C[C@H](O)c4ccccc4)cc23)nc(-c2ccc(C(N)=O)cc2OCC(C)(F)F)n1C. The van der Waals surface area contributed by atoms with Crippen LogP contribution in [0.4, 0.5) is 8.78 Å². The number of carbonyl (C=O) groups excluding carboxylic acids is 1. The lowest BCUT2D eigenvalue weighted by Gasteiger charge is -2.16. The van der Waals surface area contributed by atoms with Crippen molar-refractivity contribution in [2.75, 3.05) is 6.61 Å². The van der Waals surface area contributed by atoms with Crippen molar-refractivity contribution in [3.63, 3.8) is 0 Å². The van der Waals surface area contributed by atoms with E-state index in [9.17, 15) is 18.7 Å². The van der Waals surface area contributed by atoms with Gasteiger partial charge in [0.1, 0.15) is 11.6 Å². The summed E-state index contributed by atoms with van der Waals surface area (Å²) in [4.78, 5) is 16.9. The Morgan fingerprint density at radius 3 is 2.48 bits per heavy atom. The van der Waals surface area contributed by atoms with Gasteiger partial charge in [-0.25, -0.2) is 13.8 Å². The van der Waals surface area contributed by atoms with E-state index >= 15 is 0 Å². The minimum Gasteiger partial charge on any atom is -0.487 e. The molecule has 0 spiro atoms. The van der Waals surface area contributed by atoms with Crippen LogP contribution in [0.2, 0.25) is 0 Å². The molecule has 2 heterocycles. The van der Waals surface area contributed by atoms with E-state index in [2.05, 4.69) is 13.8 Å². The van der Waals surface area contributed by atoms with Gasteiger partial charge < -0.3 is 20.1 Å². The predicted molar refractivity (Wildman–Crippen MR) is 157 cm³/mol. The third kappa shape index (κ3) is 5.89. The second-order valence-corrected chi connectivity index (χ2v) is 10.8. The van der Waals surface area contributed by atoms with E-state index in [1.165, 1.54) is 12.1 Å². The Morgan fingerprint density at radius 1 is 1.07 bits per heavy atom. The van der Waals surface area contributed by atoms with Gasteiger partial charge in [-0.1, -0.05) is 56.3 Å². The molecule has 5 rings (SSSR count). The van der Waals surface area contributed by atoms with Gasteiger partial charge in [0, 0.05) is 42.4 Å². The summed E-state index contributed by atoms with van der Waals surface area (Å²) in [6.07, 6.45) is 1.17. The molecule has 0 aliphatic heterocycles. The molecule has 10 heteroatoms. The van der Waals surface area contributed by atoms with Gasteiger partial charge in [0.25, 0.3) is 5.92 Å². The van der Waals surface area contributed by atoms with E-state index in [1.807, 2.05) is 66.3 Å². The molecule has 0 saturated heterocycles. The second-order valence-electron chi connectivity index (χ2n) is 10.8. The van der Waals surface area contributed by atoms with Crippen molar-refractivity contribution < 1.29 is 23.4 Å². The molecule has 0 saturated carbocycles. The largest absolute Gasteiger partial charge is 0.487 e. The number of ether oxygens (including phenoxy) is 1. The fourth-order valence-corrected chi connectivity index (χ4v) is 5.15. The van der Waals surface area contributed by atoms with E-state index in [-0.39, 0.29) is 23.8 Å². The molecule has 8 nitrogen and oxygen atoms in total. The van der Waals surface area contributed by atoms with Gasteiger partial charge >= 0.3 is 0 Å². The molecule has 3 aromatic carbocycles. The molecule has 0 aliphatic carbocycles. The Hall–Kier alpha value is -4.57. The number of amides is 1. The molecule has 0 fully saturated rings. The lowest BCUT2D eigenvalue weighted by molar-refractivity contribution is -0.0228. The summed E-state index contributed by atoms with van der Waals surface area (Å²) >= 11 is 0. The maximum Gasteiger partial charge on any atom is 0.278 e. The van der Waals surface area contributed by atoms with Gasteiger partial charge in [0.05, 0.1) is 29.4 Å². The molecule has 5 aromatic rings. The van der Waals surface area contributed by atoms with E-state index in [1.54, 1.807) is 10.7 Å². The highest BCUT2D eigenvalue weighted by atomic mass is 19.3. The van der Waals surface area contributed by atoms with Crippen LogP contribution < -0.4 is 10.5 Å². The first kappa shape index (κ1) is 28.9. The van der Waals surface area contributed by atoms with Gasteiger partial charge in [0.15, 0.2) is 6.61 Å². The van der Waals surface area contributed by atoms with Crippen LogP contribution in [-0.4, -0.2) is 42.9 Å². The maximum atomic E-state index is 13.7. The minimum absolute atomic E-state index is 0.0469. The minimum atomic E-state index is -3.08. The summed E-state index contributed by atoms with van der Waals surface area (Å²) in [6.45, 7) is 4.27. The van der Waals surface area contributed by atoms with E-state index in [0.717, 1.165) is 34.6 Å². The molecule has 0 unspecified atom stereocenters. The average Bonchev–Trinajstić information content (AvgIpc) is 3.51. The van der Waals surface area contributed by atoms with Crippen LogP contribution >= 0.6 is 0 Å². The molecule has 42 heavy (non-hydrogen) atoms. The molecule has 3 N–H and O–H groups in total. The molecule has 0 radical (unpaired) electrons. The van der Waals surface area contributed by atoms with Gasteiger partial charge in [-0.05, 0) is 35.7 Å². The van der Waals surface area contributed by atoms with Crippen LogP contribution in [0.3, 0.4) is 0 Å². The topological polar surface area (TPSA) is 108 Å². The molecule has 1 atom stereocenters. The smallest absolute Gasteiger partial charge is 0.278 e. The number of fused-ring (bicyclic) bond motifs is 1. The Morgan fingerprint density at radius 2 is 1.81 bits per heavy atom. The van der Waals surface area contributed by atoms with Crippen molar-refractivity contribution >= 4 is 16.8 Å². The van der Waals surface area contributed by atoms with E-state index in [4.69, 9.17) is 20.6 Å². The maximum absolute atomic E-state index is 13.7. The van der Waals surface area contributed by atoms with Crippen LogP contribution in [-0.2, 0) is 13.6 Å². The number of nitrogens with zero attached hydrogens (tertiary/aromatic N) is 4. The van der Waals surface area contributed by atoms with Crippen LogP contribution in [0.1, 0.15) is 54.4 Å².